The quantitative estimate of drug-likeness (QED) is 0.0332. The molecule has 9 N–H and O–H groups in total. The minimum Gasteiger partial charge on any atom is -0.445 e. The van der Waals surface area contributed by atoms with Crippen LogP contribution in [0.15, 0.2) is 84.9 Å². The second-order valence-electron chi connectivity index (χ2n) is 24.9. The molecule has 23 nitrogen and oxygen atoms in total. The molecule has 1 heterocycles. The van der Waals surface area contributed by atoms with Gasteiger partial charge in [0.1, 0.15) is 30.8 Å². The third-order valence-electron chi connectivity index (χ3n) is 16.8. The lowest BCUT2D eigenvalue weighted by atomic mass is 9.89. The summed E-state index contributed by atoms with van der Waals surface area (Å²) >= 11 is 0. The molecule has 1 fully saturated rings. The number of primary amides is 1. The number of anilines is 1. The molecule has 3 aromatic carbocycles. The standard InChI is InChI=1S/C67H103N11O12/c1-15-44(8)58(77(12)65(85)56(42(4)5)74-64(84)57(43(6)7)76(10)11)53(88-13)39-54(79)78-37-23-29-52(78)59(89-14)45(9)60(80)73-51(38-47-24-18-16-19-25-47)61(81)69-36-34-46-30-32-49(33-31-46)71-62(82)50(28-22-35-70-66(68)86)72-63(83)55(41(2)3)75-67(87)90-40-48-26-20-17-21-27-48/h16-21,24-27,30-33,41-45,50-53,55-59H,15,22-23,28-29,34-40H2,1-14H3,(H,69,81)(H,71,82)(H,72,83)(H,73,80)(H,74,84)(H,75,87)(H3,68,70,86)/t44-,45+,50+,51+,52-,53+,55-,56+,57-,58-,59+/m0/s1. The number of urea groups is 1. The van der Waals surface area contributed by atoms with Crippen molar-refractivity contribution in [2.45, 2.75) is 175 Å². The predicted octanol–water partition coefficient (Wildman–Crippen LogP) is 5.54. The molecular formula is C67H103N11O12. The molecule has 0 bridgehead atoms. The number of likely N-dealkylation sites (N-methyl/N-ethyl adjacent to an activating group) is 2. The van der Waals surface area contributed by atoms with Crippen molar-refractivity contribution in [2.24, 2.45) is 35.3 Å². The van der Waals surface area contributed by atoms with Gasteiger partial charge in [-0.1, -0.05) is 142 Å². The lowest BCUT2D eigenvalue weighted by molar-refractivity contribution is -0.148. The number of carbonyl (C=O) groups is 9. The van der Waals surface area contributed by atoms with Crippen molar-refractivity contribution in [3.63, 3.8) is 0 Å². The third kappa shape index (κ3) is 23.0. The van der Waals surface area contributed by atoms with Crippen LogP contribution in [0.2, 0.25) is 0 Å². The summed E-state index contributed by atoms with van der Waals surface area (Å²) in [5.41, 5.74) is 8.09. The van der Waals surface area contributed by atoms with E-state index >= 15 is 0 Å². The molecule has 0 aromatic heterocycles. The maximum Gasteiger partial charge on any atom is 0.408 e. The van der Waals surface area contributed by atoms with E-state index in [1.165, 1.54) is 14.2 Å². The summed E-state index contributed by atoms with van der Waals surface area (Å²) in [5.74, 6) is -4.21. The molecule has 0 saturated carbocycles. The molecule has 0 radical (unpaired) electrons. The highest BCUT2D eigenvalue weighted by Gasteiger charge is 2.44. The summed E-state index contributed by atoms with van der Waals surface area (Å²) in [6, 6.07) is 19.3. The number of nitrogens with one attached hydrogen (secondary N) is 7. The van der Waals surface area contributed by atoms with Crippen molar-refractivity contribution >= 4 is 59.2 Å². The Balaban J connectivity index is 1.42. The van der Waals surface area contributed by atoms with E-state index in [2.05, 4.69) is 37.2 Å². The molecule has 11 atom stereocenters. The lowest BCUT2D eigenvalue weighted by Gasteiger charge is -2.41. The van der Waals surface area contributed by atoms with Gasteiger partial charge in [-0.15, -0.1) is 0 Å². The summed E-state index contributed by atoms with van der Waals surface area (Å²) in [6.07, 6.45) is 0.609. The Bertz CT molecular complexity index is 2760. The van der Waals surface area contributed by atoms with Crippen LogP contribution < -0.4 is 43.0 Å². The molecule has 1 aliphatic heterocycles. The zero-order valence-corrected chi connectivity index (χ0v) is 55.5. The summed E-state index contributed by atoms with van der Waals surface area (Å²) in [5, 5.41) is 19.7. The largest absolute Gasteiger partial charge is 0.445 e. The number of amides is 10. The van der Waals surface area contributed by atoms with Gasteiger partial charge in [0, 0.05) is 53.0 Å². The Hall–Kier alpha value is -7.63. The van der Waals surface area contributed by atoms with Crippen LogP contribution in [0.5, 0.6) is 0 Å². The second kappa shape index (κ2) is 37.5. The first-order valence-electron chi connectivity index (χ1n) is 31.6. The number of carbonyl (C=O) groups excluding carboxylic acids is 9. The average Bonchev–Trinajstić information content (AvgIpc) is 1.53. The van der Waals surface area contributed by atoms with Gasteiger partial charge >= 0.3 is 12.1 Å². The van der Waals surface area contributed by atoms with Gasteiger partial charge < -0.3 is 67.0 Å². The fourth-order valence-electron chi connectivity index (χ4n) is 11.7. The minimum absolute atomic E-state index is 0.00169. The molecule has 1 aliphatic rings. The first-order chi connectivity index (χ1) is 42.7. The number of rotatable bonds is 36. The highest BCUT2D eigenvalue weighted by molar-refractivity contribution is 5.98. The predicted molar refractivity (Wildman–Crippen MR) is 346 cm³/mol. The molecule has 4 rings (SSSR count). The smallest absolute Gasteiger partial charge is 0.408 e. The number of nitrogens with two attached hydrogens (primary N) is 1. The van der Waals surface area contributed by atoms with Crippen LogP contribution >= 0.6 is 0 Å². The van der Waals surface area contributed by atoms with Crippen LogP contribution in [0.3, 0.4) is 0 Å². The second-order valence-corrected chi connectivity index (χ2v) is 24.9. The summed E-state index contributed by atoms with van der Waals surface area (Å²) < 4.78 is 17.5. The van der Waals surface area contributed by atoms with E-state index in [4.69, 9.17) is 19.9 Å². The lowest BCUT2D eigenvalue weighted by Crippen LogP contribution is -2.59. The number of hydrogen-bond acceptors (Lipinski definition) is 13. The molecule has 10 amide bonds. The number of nitrogens with zero attached hydrogens (tertiary/aromatic N) is 3. The molecule has 90 heavy (non-hydrogen) atoms. The normalized spacial score (nSPS) is 16.5. The zero-order chi connectivity index (χ0) is 66.8. The molecule has 3 aromatic rings. The Morgan fingerprint density at radius 2 is 1.26 bits per heavy atom. The molecule has 0 spiro atoms. The van der Waals surface area contributed by atoms with Crippen LogP contribution in [0.1, 0.15) is 118 Å². The number of benzene rings is 3. The van der Waals surface area contributed by atoms with Gasteiger partial charge in [0.05, 0.1) is 42.7 Å². The van der Waals surface area contributed by atoms with E-state index in [9.17, 15) is 43.2 Å². The van der Waals surface area contributed by atoms with Crippen molar-refractivity contribution in [1.29, 1.82) is 0 Å². The van der Waals surface area contributed by atoms with E-state index in [1.54, 1.807) is 74.0 Å². The van der Waals surface area contributed by atoms with Gasteiger partial charge in [-0.05, 0) is 98.7 Å². The van der Waals surface area contributed by atoms with Gasteiger partial charge in [0.15, 0.2) is 0 Å². The molecule has 498 valence electrons. The van der Waals surface area contributed by atoms with Crippen molar-refractivity contribution in [3.8, 4) is 0 Å². The monoisotopic (exact) mass is 1250 g/mol. The zero-order valence-electron chi connectivity index (χ0n) is 55.5. The topological polar surface area (TPSA) is 301 Å². The van der Waals surface area contributed by atoms with Gasteiger partial charge in [-0.2, -0.15) is 0 Å². The van der Waals surface area contributed by atoms with Crippen LogP contribution in [-0.4, -0.2) is 178 Å². The molecule has 1 saturated heterocycles. The highest BCUT2D eigenvalue weighted by Crippen LogP contribution is 2.30. The first kappa shape index (κ1) is 74.8. The van der Waals surface area contributed by atoms with E-state index in [-0.39, 0.29) is 86.8 Å². The maximum absolute atomic E-state index is 14.6. The number of alkyl carbamates (subject to hydrolysis) is 1. The van der Waals surface area contributed by atoms with Gasteiger partial charge in [-0.3, -0.25) is 38.5 Å². The fourth-order valence-corrected chi connectivity index (χ4v) is 11.7. The number of likely N-dealkylation sites (tertiary alicyclic amines) is 1. The summed E-state index contributed by atoms with van der Waals surface area (Å²) in [4.78, 5) is 128. The van der Waals surface area contributed by atoms with Crippen LogP contribution in [-0.2, 0) is 67.2 Å². The molecule has 0 aliphatic carbocycles. The Morgan fingerprint density at radius 3 is 1.81 bits per heavy atom. The van der Waals surface area contributed by atoms with Gasteiger partial charge in [0.25, 0.3) is 0 Å². The Labute approximate surface area is 533 Å². The van der Waals surface area contributed by atoms with Crippen molar-refractivity contribution in [2.75, 3.05) is 60.3 Å². The minimum atomic E-state index is -1.07. The highest BCUT2D eigenvalue weighted by atomic mass is 16.5. The summed E-state index contributed by atoms with van der Waals surface area (Å²) in [7, 11) is 8.44. The van der Waals surface area contributed by atoms with Crippen LogP contribution in [0.4, 0.5) is 15.3 Å². The number of hydrogen-bond donors (Lipinski definition) is 8. The van der Waals surface area contributed by atoms with Crippen molar-refractivity contribution < 1.29 is 57.4 Å². The van der Waals surface area contributed by atoms with Crippen molar-refractivity contribution in [1.82, 2.24) is 46.6 Å². The maximum atomic E-state index is 14.6. The molecule has 0 unspecified atom stereocenters. The number of ether oxygens (including phenoxy) is 3. The Morgan fingerprint density at radius 1 is 0.644 bits per heavy atom. The fraction of sp³-hybridized carbons (Fsp3) is 0.597. The SMILES string of the molecule is CC[C@H](C)[C@@H]([C@@H](CC(=O)N1CCC[C@H]1[C@H](OC)[C@@H](C)C(=O)N[C@H](Cc1ccccc1)C(=O)NCCc1ccc(NC(=O)[C@@H](CCCNC(N)=O)NC(=O)[C@@H](NC(=O)OCc2ccccc2)C(C)C)cc1)OC)N(C)C(=O)[C@H](NC(=O)[C@H](C(C)C)N(C)C)C(C)C. The third-order valence-corrected chi connectivity index (χ3v) is 16.8. The van der Waals surface area contributed by atoms with Gasteiger partial charge in [-0.25, -0.2) is 9.59 Å². The van der Waals surface area contributed by atoms with E-state index in [0.29, 0.717) is 37.9 Å². The van der Waals surface area contributed by atoms with Crippen LogP contribution in [0.25, 0.3) is 0 Å². The Kier molecular flexibility index (Phi) is 31.2. The van der Waals surface area contributed by atoms with Crippen molar-refractivity contribution in [3.05, 3.63) is 102 Å². The molecular weight excluding hydrogens is 1150 g/mol. The van der Waals surface area contributed by atoms with Crippen LogP contribution in [0, 0.1) is 29.6 Å². The van der Waals surface area contributed by atoms with E-state index < -0.39 is 96.2 Å². The molecule has 23 heteroatoms. The average molecular weight is 1250 g/mol. The van der Waals surface area contributed by atoms with E-state index in [0.717, 1.165) is 16.7 Å². The van der Waals surface area contributed by atoms with Gasteiger partial charge in [0.2, 0.25) is 41.4 Å². The van der Waals surface area contributed by atoms with E-state index in [1.807, 2.05) is 109 Å². The first-order valence-corrected chi connectivity index (χ1v) is 31.6. The number of methoxy groups -OCH3 is 2. The summed E-state index contributed by atoms with van der Waals surface area (Å²) in [6.45, 7) is 17.8.